The van der Waals surface area contributed by atoms with E-state index < -0.39 is 0 Å². The van der Waals surface area contributed by atoms with Crippen LogP contribution in [-0.4, -0.2) is 10.8 Å². The molecule has 0 aliphatic carbocycles. The van der Waals surface area contributed by atoms with Gasteiger partial charge in [-0.15, -0.1) is 22.7 Å². The minimum Gasteiger partial charge on any atom is -0.287 e. The van der Waals surface area contributed by atoms with Gasteiger partial charge in [-0.25, -0.2) is 4.98 Å². The van der Waals surface area contributed by atoms with E-state index >= 15 is 0 Å². The summed E-state index contributed by atoms with van der Waals surface area (Å²) in [6, 6.07) is 1.81. The molecule has 0 unspecified atom stereocenters. The highest BCUT2D eigenvalue weighted by molar-refractivity contribution is 9.12. The highest BCUT2D eigenvalue weighted by Gasteiger charge is 2.17. The first-order valence-corrected chi connectivity index (χ1v) is 7.28. The van der Waals surface area contributed by atoms with Crippen LogP contribution >= 0.6 is 54.5 Å². The molecule has 0 saturated heterocycles. The Hall–Kier alpha value is -0.0400. The summed E-state index contributed by atoms with van der Waals surface area (Å²) in [5.74, 6) is -0.0341. The Balaban J connectivity index is 2.40. The van der Waals surface area contributed by atoms with Gasteiger partial charge in [0.15, 0.2) is 0 Å². The summed E-state index contributed by atoms with van der Waals surface area (Å²) in [7, 11) is 0. The molecule has 6 heteroatoms. The Labute approximate surface area is 112 Å². The fourth-order valence-corrected chi connectivity index (χ4v) is 4.49. The van der Waals surface area contributed by atoms with Crippen molar-refractivity contribution in [1.29, 1.82) is 0 Å². The topological polar surface area (TPSA) is 30.0 Å². The zero-order valence-electron chi connectivity index (χ0n) is 7.58. The Kier molecular flexibility index (Phi) is 3.39. The van der Waals surface area contributed by atoms with E-state index in [4.69, 9.17) is 0 Å². The number of thiazole rings is 1. The summed E-state index contributed by atoms with van der Waals surface area (Å²) in [5, 5.41) is 2.69. The zero-order valence-corrected chi connectivity index (χ0v) is 12.4. The first-order valence-electron chi connectivity index (χ1n) is 3.99. The zero-order chi connectivity index (χ0) is 11.0. The molecule has 0 radical (unpaired) electrons. The standard InChI is InChI=1S/C9H5Br2NOS2/c1-4-12-6(3-14-4)8(13)5-2-7(10)15-9(5)11/h2-3H,1H3. The molecule has 2 aromatic rings. The second kappa shape index (κ2) is 4.45. The maximum absolute atomic E-state index is 12.0. The first kappa shape index (κ1) is 11.4. The minimum absolute atomic E-state index is 0.0341. The molecule has 0 aliphatic heterocycles. The van der Waals surface area contributed by atoms with E-state index in [0.717, 1.165) is 12.6 Å². The van der Waals surface area contributed by atoms with E-state index in [0.29, 0.717) is 11.3 Å². The normalized spacial score (nSPS) is 10.6. The molecule has 0 amide bonds. The van der Waals surface area contributed by atoms with Gasteiger partial charge in [-0.1, -0.05) is 0 Å². The number of halogens is 2. The van der Waals surface area contributed by atoms with Gasteiger partial charge in [-0.2, -0.15) is 0 Å². The van der Waals surface area contributed by atoms with Crippen LogP contribution in [0.1, 0.15) is 21.1 Å². The van der Waals surface area contributed by atoms with Crippen LogP contribution in [0.25, 0.3) is 0 Å². The van der Waals surface area contributed by atoms with Crippen LogP contribution in [0.4, 0.5) is 0 Å². The summed E-state index contributed by atoms with van der Waals surface area (Å²) in [4.78, 5) is 16.2. The quantitative estimate of drug-likeness (QED) is 0.743. The van der Waals surface area contributed by atoms with E-state index in [1.165, 1.54) is 22.7 Å². The van der Waals surface area contributed by atoms with Crippen LogP contribution < -0.4 is 0 Å². The minimum atomic E-state index is -0.0341. The lowest BCUT2D eigenvalue weighted by atomic mass is 10.2. The van der Waals surface area contributed by atoms with E-state index in [-0.39, 0.29) is 5.78 Å². The molecule has 2 rings (SSSR count). The fourth-order valence-electron chi connectivity index (χ4n) is 1.10. The number of nitrogens with zero attached hydrogens (tertiary/aromatic N) is 1. The van der Waals surface area contributed by atoms with Gasteiger partial charge >= 0.3 is 0 Å². The Bertz CT molecular complexity index is 518. The highest BCUT2D eigenvalue weighted by atomic mass is 79.9. The number of hydrogen-bond donors (Lipinski definition) is 0. The van der Waals surface area contributed by atoms with Crippen LogP contribution in [0.15, 0.2) is 19.0 Å². The third-order valence-corrected chi connectivity index (χ3v) is 4.87. The maximum atomic E-state index is 12.0. The molecule has 0 fully saturated rings. The molecule has 0 aliphatic rings. The van der Waals surface area contributed by atoms with Crippen LogP contribution in [0.3, 0.4) is 0 Å². The van der Waals surface area contributed by atoms with Crippen molar-refractivity contribution in [2.75, 3.05) is 0 Å². The number of ketones is 1. The molecule has 78 valence electrons. The third-order valence-electron chi connectivity index (χ3n) is 1.75. The number of aromatic nitrogens is 1. The van der Waals surface area contributed by atoms with E-state index in [2.05, 4.69) is 36.8 Å². The largest absolute Gasteiger partial charge is 0.287 e. The number of hydrogen-bond acceptors (Lipinski definition) is 4. The number of carbonyl (C=O) groups excluding carboxylic acids is 1. The molecule has 0 atom stereocenters. The Morgan fingerprint density at radius 3 is 2.67 bits per heavy atom. The lowest BCUT2D eigenvalue weighted by molar-refractivity contribution is 0.103. The molecule has 0 saturated carbocycles. The maximum Gasteiger partial charge on any atom is 0.214 e. The predicted octanol–water partition coefficient (Wildman–Crippen LogP) is 4.27. The summed E-state index contributed by atoms with van der Waals surface area (Å²) in [6.07, 6.45) is 0. The first-order chi connectivity index (χ1) is 7.08. The van der Waals surface area contributed by atoms with Gasteiger partial charge in [0.05, 0.1) is 18.1 Å². The van der Waals surface area contributed by atoms with Crippen molar-refractivity contribution in [2.45, 2.75) is 6.92 Å². The molecule has 2 nitrogen and oxygen atoms in total. The van der Waals surface area contributed by atoms with Gasteiger partial charge in [0.2, 0.25) is 5.78 Å². The smallest absolute Gasteiger partial charge is 0.214 e. The van der Waals surface area contributed by atoms with Crippen molar-refractivity contribution < 1.29 is 4.79 Å². The van der Waals surface area contributed by atoms with E-state index in [1.54, 1.807) is 5.38 Å². The number of carbonyl (C=O) groups is 1. The third kappa shape index (κ3) is 2.38. The van der Waals surface area contributed by atoms with E-state index in [9.17, 15) is 4.79 Å². The van der Waals surface area contributed by atoms with Gasteiger partial charge < -0.3 is 0 Å². The number of aryl methyl sites for hydroxylation is 1. The Morgan fingerprint density at radius 1 is 1.47 bits per heavy atom. The van der Waals surface area contributed by atoms with Crippen LogP contribution in [0, 0.1) is 6.92 Å². The van der Waals surface area contributed by atoms with Gasteiger partial charge in [-0.05, 0) is 44.8 Å². The average molecular weight is 367 g/mol. The Morgan fingerprint density at radius 2 is 2.20 bits per heavy atom. The lowest BCUT2D eigenvalue weighted by Gasteiger charge is -1.93. The monoisotopic (exact) mass is 365 g/mol. The molecule has 0 aromatic carbocycles. The number of rotatable bonds is 2. The van der Waals surface area contributed by atoms with Gasteiger partial charge in [0.1, 0.15) is 5.69 Å². The van der Waals surface area contributed by atoms with Crippen molar-refractivity contribution in [1.82, 2.24) is 4.98 Å². The van der Waals surface area contributed by atoms with Crippen molar-refractivity contribution >= 4 is 60.3 Å². The summed E-state index contributed by atoms with van der Waals surface area (Å²) < 4.78 is 1.77. The van der Waals surface area contributed by atoms with Crippen molar-refractivity contribution in [3.05, 3.63) is 35.3 Å². The second-order valence-corrected chi connectivity index (χ2v) is 7.63. The molecular weight excluding hydrogens is 362 g/mol. The molecule has 0 spiro atoms. The van der Waals surface area contributed by atoms with Gasteiger partial charge in [-0.3, -0.25) is 4.79 Å². The predicted molar refractivity (Wildman–Crippen MR) is 70.0 cm³/mol. The molecular formula is C9H5Br2NOS2. The van der Waals surface area contributed by atoms with Crippen LogP contribution in [-0.2, 0) is 0 Å². The van der Waals surface area contributed by atoms with Crippen molar-refractivity contribution in [3.63, 3.8) is 0 Å². The van der Waals surface area contributed by atoms with E-state index in [1.807, 2.05) is 13.0 Å². The molecule has 15 heavy (non-hydrogen) atoms. The fraction of sp³-hybridized carbons (Fsp3) is 0.111. The summed E-state index contributed by atoms with van der Waals surface area (Å²) in [5.41, 5.74) is 1.18. The second-order valence-electron chi connectivity index (χ2n) is 2.82. The summed E-state index contributed by atoms with van der Waals surface area (Å²) in [6.45, 7) is 1.89. The average Bonchev–Trinajstić information content (AvgIpc) is 2.71. The summed E-state index contributed by atoms with van der Waals surface area (Å²) >= 11 is 9.68. The van der Waals surface area contributed by atoms with Crippen LogP contribution in [0.2, 0.25) is 0 Å². The highest BCUT2D eigenvalue weighted by Crippen LogP contribution is 2.33. The van der Waals surface area contributed by atoms with Gasteiger partial charge in [0.25, 0.3) is 0 Å². The van der Waals surface area contributed by atoms with Gasteiger partial charge in [0, 0.05) is 5.38 Å². The number of thiophene rings is 1. The molecule has 2 heterocycles. The molecule has 0 N–H and O–H groups in total. The molecule has 0 bridgehead atoms. The van der Waals surface area contributed by atoms with Crippen LogP contribution in [0.5, 0.6) is 0 Å². The van der Waals surface area contributed by atoms with Crippen molar-refractivity contribution in [2.24, 2.45) is 0 Å². The SMILES string of the molecule is Cc1nc(C(=O)c2cc(Br)sc2Br)cs1. The van der Waals surface area contributed by atoms with Crippen molar-refractivity contribution in [3.8, 4) is 0 Å². The lowest BCUT2D eigenvalue weighted by Crippen LogP contribution is -2.00. The molecule has 2 aromatic heterocycles.